The quantitative estimate of drug-likeness (QED) is 0.829. The van der Waals surface area contributed by atoms with Crippen molar-refractivity contribution in [3.05, 3.63) is 22.7 Å². The molecule has 0 heterocycles. The topological polar surface area (TPSA) is 21.3 Å². The molecule has 3 heteroatoms. The number of nitrogens with one attached hydrogen (secondary N) is 1. The zero-order valence-electron chi connectivity index (χ0n) is 12.8. The van der Waals surface area contributed by atoms with Gasteiger partial charge in [0.05, 0.1) is 12.8 Å². The lowest BCUT2D eigenvalue weighted by atomic mass is 9.69. The van der Waals surface area contributed by atoms with Crippen molar-refractivity contribution in [2.75, 3.05) is 12.4 Å². The third-order valence-electron chi connectivity index (χ3n) is 6.30. The Bertz CT molecular complexity index is 528. The normalized spacial score (nSPS) is 34.2. The fraction of sp³-hybridized carbons (Fsp3) is 0.647. The molecule has 3 rings (SSSR count). The fourth-order valence-corrected chi connectivity index (χ4v) is 4.71. The second-order valence-electron chi connectivity index (χ2n) is 7.15. The zero-order chi connectivity index (χ0) is 14.5. The molecule has 20 heavy (non-hydrogen) atoms. The Morgan fingerprint density at radius 3 is 2.60 bits per heavy atom. The molecule has 1 aromatic carbocycles. The van der Waals surface area contributed by atoms with Gasteiger partial charge >= 0.3 is 0 Å². The van der Waals surface area contributed by atoms with E-state index in [9.17, 15) is 0 Å². The second-order valence-corrected chi connectivity index (χ2v) is 8.01. The molecule has 0 aromatic heterocycles. The number of methoxy groups -OCH3 is 1. The maximum absolute atomic E-state index is 5.34. The standard InChI is InChI=1S/C17H24BrNO/c1-16(2)11-7-8-17(16,3)15(9-11)19-14-10-12(20-4)5-6-13(14)18/h5-6,10-11,15,19H,7-9H2,1-4H3. The largest absolute Gasteiger partial charge is 0.497 e. The average Bonchev–Trinajstić information content (AvgIpc) is 2.74. The molecular weight excluding hydrogens is 314 g/mol. The van der Waals surface area contributed by atoms with Crippen LogP contribution >= 0.6 is 15.9 Å². The first-order valence-electron chi connectivity index (χ1n) is 7.48. The lowest BCUT2D eigenvalue weighted by Gasteiger charge is -2.40. The molecule has 0 saturated heterocycles. The third kappa shape index (κ3) is 1.89. The highest BCUT2D eigenvalue weighted by atomic mass is 79.9. The van der Waals surface area contributed by atoms with Crippen LogP contribution in [0.25, 0.3) is 0 Å². The minimum absolute atomic E-state index is 0.389. The first-order valence-corrected chi connectivity index (χ1v) is 8.28. The summed E-state index contributed by atoms with van der Waals surface area (Å²) in [4.78, 5) is 0. The van der Waals surface area contributed by atoms with E-state index in [1.165, 1.54) is 19.3 Å². The Morgan fingerprint density at radius 1 is 1.30 bits per heavy atom. The van der Waals surface area contributed by atoms with Crippen LogP contribution < -0.4 is 10.1 Å². The maximum Gasteiger partial charge on any atom is 0.121 e. The Morgan fingerprint density at radius 2 is 2.05 bits per heavy atom. The third-order valence-corrected chi connectivity index (χ3v) is 6.99. The molecule has 2 aliphatic rings. The minimum Gasteiger partial charge on any atom is -0.497 e. The van der Waals surface area contributed by atoms with Crippen LogP contribution in [0, 0.1) is 16.7 Å². The Balaban J connectivity index is 1.87. The molecule has 1 aromatic rings. The van der Waals surface area contributed by atoms with Crippen LogP contribution in [0.1, 0.15) is 40.0 Å². The van der Waals surface area contributed by atoms with E-state index in [1.807, 2.05) is 6.07 Å². The van der Waals surface area contributed by atoms with Gasteiger partial charge in [0.15, 0.2) is 0 Å². The molecule has 2 saturated carbocycles. The number of fused-ring (bicyclic) bond motifs is 2. The van der Waals surface area contributed by atoms with Crippen molar-refractivity contribution < 1.29 is 4.74 Å². The van der Waals surface area contributed by atoms with E-state index in [-0.39, 0.29) is 0 Å². The van der Waals surface area contributed by atoms with Crippen molar-refractivity contribution in [2.24, 2.45) is 16.7 Å². The Hall–Kier alpha value is -0.700. The van der Waals surface area contributed by atoms with Crippen molar-refractivity contribution in [2.45, 2.75) is 46.1 Å². The van der Waals surface area contributed by atoms with E-state index >= 15 is 0 Å². The van der Waals surface area contributed by atoms with Crippen molar-refractivity contribution in [1.29, 1.82) is 0 Å². The van der Waals surface area contributed by atoms with Crippen LogP contribution in [0.15, 0.2) is 22.7 Å². The van der Waals surface area contributed by atoms with Gasteiger partial charge in [0.1, 0.15) is 5.75 Å². The van der Waals surface area contributed by atoms with Gasteiger partial charge in [-0.25, -0.2) is 0 Å². The second kappa shape index (κ2) is 4.66. The summed E-state index contributed by atoms with van der Waals surface area (Å²) in [5.41, 5.74) is 1.98. The Kier molecular flexibility index (Phi) is 3.32. The number of halogens is 1. The predicted octanol–water partition coefficient (Wildman–Crippen LogP) is 5.08. The highest BCUT2D eigenvalue weighted by Gasteiger charge is 2.61. The Labute approximate surface area is 130 Å². The van der Waals surface area contributed by atoms with Crippen molar-refractivity contribution in [3.63, 3.8) is 0 Å². The fourth-order valence-electron chi connectivity index (χ4n) is 4.35. The number of rotatable bonds is 3. The van der Waals surface area contributed by atoms with Gasteiger partial charge in [-0.1, -0.05) is 20.8 Å². The predicted molar refractivity (Wildman–Crippen MR) is 87.3 cm³/mol. The van der Waals surface area contributed by atoms with Crippen molar-refractivity contribution in [3.8, 4) is 5.75 Å². The van der Waals surface area contributed by atoms with Gasteiger partial charge in [-0.15, -0.1) is 0 Å². The van der Waals surface area contributed by atoms with Gasteiger partial charge < -0.3 is 10.1 Å². The summed E-state index contributed by atoms with van der Waals surface area (Å²) < 4.78 is 6.45. The van der Waals surface area contributed by atoms with Gasteiger partial charge in [-0.05, 0) is 64.1 Å². The summed E-state index contributed by atoms with van der Waals surface area (Å²) in [7, 11) is 1.72. The first kappa shape index (κ1) is 14.2. The number of hydrogen-bond acceptors (Lipinski definition) is 2. The smallest absolute Gasteiger partial charge is 0.121 e. The van der Waals surface area contributed by atoms with Crippen LogP contribution in [-0.2, 0) is 0 Å². The summed E-state index contributed by atoms with van der Waals surface area (Å²) in [5.74, 6) is 1.76. The van der Waals surface area contributed by atoms with Gasteiger partial charge in [0, 0.05) is 16.6 Å². The number of benzene rings is 1. The molecule has 2 fully saturated rings. The summed E-state index contributed by atoms with van der Waals surface area (Å²) in [6.45, 7) is 7.37. The van der Waals surface area contributed by atoms with Crippen molar-refractivity contribution in [1.82, 2.24) is 0 Å². The summed E-state index contributed by atoms with van der Waals surface area (Å²) in [6.07, 6.45) is 4.01. The summed E-state index contributed by atoms with van der Waals surface area (Å²) >= 11 is 3.65. The van der Waals surface area contributed by atoms with Gasteiger partial charge in [-0.2, -0.15) is 0 Å². The van der Waals surface area contributed by atoms with Crippen LogP contribution in [0.5, 0.6) is 5.75 Å². The number of anilines is 1. The number of hydrogen-bond donors (Lipinski definition) is 1. The van der Waals surface area contributed by atoms with Gasteiger partial charge in [-0.3, -0.25) is 0 Å². The van der Waals surface area contributed by atoms with Crippen LogP contribution in [0.3, 0.4) is 0 Å². The van der Waals surface area contributed by atoms with E-state index in [0.717, 1.165) is 21.8 Å². The molecule has 0 spiro atoms. The molecule has 0 aliphatic heterocycles. The molecule has 0 amide bonds. The van der Waals surface area contributed by atoms with E-state index in [0.29, 0.717) is 16.9 Å². The molecule has 3 unspecified atom stereocenters. The van der Waals surface area contributed by atoms with E-state index in [4.69, 9.17) is 4.74 Å². The molecule has 3 atom stereocenters. The van der Waals surface area contributed by atoms with Crippen molar-refractivity contribution >= 4 is 21.6 Å². The highest BCUT2D eigenvalue weighted by Crippen LogP contribution is 2.66. The summed E-state index contributed by atoms with van der Waals surface area (Å²) in [5, 5.41) is 3.78. The molecular formula is C17H24BrNO. The minimum atomic E-state index is 0.389. The van der Waals surface area contributed by atoms with E-state index in [2.05, 4.69) is 54.2 Å². The molecule has 0 radical (unpaired) electrons. The lowest BCUT2D eigenvalue weighted by molar-refractivity contribution is 0.142. The molecule has 2 nitrogen and oxygen atoms in total. The molecule has 2 bridgehead atoms. The average molecular weight is 338 g/mol. The van der Waals surface area contributed by atoms with Gasteiger partial charge in [0.25, 0.3) is 0 Å². The van der Waals surface area contributed by atoms with E-state index < -0.39 is 0 Å². The highest BCUT2D eigenvalue weighted by molar-refractivity contribution is 9.10. The van der Waals surface area contributed by atoms with Gasteiger partial charge in [0.2, 0.25) is 0 Å². The molecule has 110 valence electrons. The molecule has 2 aliphatic carbocycles. The number of ether oxygens (including phenoxy) is 1. The van der Waals surface area contributed by atoms with Crippen LogP contribution in [-0.4, -0.2) is 13.2 Å². The van der Waals surface area contributed by atoms with Crippen LogP contribution in [0.2, 0.25) is 0 Å². The lowest BCUT2D eigenvalue weighted by Crippen LogP contribution is -2.40. The van der Waals surface area contributed by atoms with E-state index in [1.54, 1.807) is 7.11 Å². The first-order chi connectivity index (χ1) is 9.38. The monoisotopic (exact) mass is 337 g/mol. The maximum atomic E-state index is 5.34. The molecule has 1 N–H and O–H groups in total. The van der Waals surface area contributed by atoms with Crippen LogP contribution in [0.4, 0.5) is 5.69 Å². The zero-order valence-corrected chi connectivity index (χ0v) is 14.4. The summed E-state index contributed by atoms with van der Waals surface area (Å²) in [6, 6.07) is 6.69. The SMILES string of the molecule is COc1ccc(Br)c(NC2CC3CCC2(C)C3(C)C)c1.